The SMILES string of the molecule is O=C(NCC1CCCO1)N1CCN(c2cc(Cl)cc(Cl)c2)CC1. The number of urea groups is 1. The van der Waals surface area contributed by atoms with E-state index in [1.165, 1.54) is 0 Å². The molecule has 2 fully saturated rings. The van der Waals surface area contributed by atoms with Gasteiger partial charge in [0.15, 0.2) is 0 Å². The Bertz CT molecular complexity index is 536. The lowest BCUT2D eigenvalue weighted by atomic mass is 10.2. The summed E-state index contributed by atoms with van der Waals surface area (Å²) in [4.78, 5) is 16.2. The molecular weight excluding hydrogens is 337 g/mol. The lowest BCUT2D eigenvalue weighted by Crippen LogP contribution is -2.52. The smallest absolute Gasteiger partial charge is 0.317 e. The maximum atomic E-state index is 12.2. The van der Waals surface area contributed by atoms with Gasteiger partial charge in [-0.2, -0.15) is 0 Å². The number of ether oxygens (including phenoxy) is 1. The zero-order chi connectivity index (χ0) is 16.2. The Kier molecular flexibility index (Phi) is 5.51. The summed E-state index contributed by atoms with van der Waals surface area (Å²) in [5.41, 5.74) is 1.00. The number of rotatable bonds is 3. The number of anilines is 1. The van der Waals surface area contributed by atoms with Crippen LogP contribution in [0, 0.1) is 0 Å². The Labute approximate surface area is 146 Å². The molecule has 0 spiro atoms. The van der Waals surface area contributed by atoms with Crippen molar-refractivity contribution in [2.45, 2.75) is 18.9 Å². The van der Waals surface area contributed by atoms with E-state index in [1.54, 1.807) is 6.07 Å². The van der Waals surface area contributed by atoms with E-state index in [-0.39, 0.29) is 12.1 Å². The molecule has 1 atom stereocenters. The van der Waals surface area contributed by atoms with Crippen LogP contribution in [0.15, 0.2) is 18.2 Å². The molecule has 2 saturated heterocycles. The predicted molar refractivity (Wildman–Crippen MR) is 92.6 cm³/mol. The van der Waals surface area contributed by atoms with Crippen molar-refractivity contribution in [2.75, 3.05) is 44.2 Å². The third kappa shape index (κ3) is 4.43. The van der Waals surface area contributed by atoms with Crippen molar-refractivity contribution in [3.05, 3.63) is 28.2 Å². The van der Waals surface area contributed by atoms with E-state index in [2.05, 4.69) is 10.2 Å². The highest BCUT2D eigenvalue weighted by molar-refractivity contribution is 6.35. The third-order valence-corrected chi connectivity index (χ3v) is 4.72. The molecule has 1 unspecified atom stereocenters. The zero-order valence-electron chi connectivity index (χ0n) is 12.9. The summed E-state index contributed by atoms with van der Waals surface area (Å²) in [6.45, 7) is 4.31. The van der Waals surface area contributed by atoms with Crippen LogP contribution in [0.5, 0.6) is 0 Å². The minimum Gasteiger partial charge on any atom is -0.376 e. The minimum absolute atomic E-state index is 0.00993. The minimum atomic E-state index is -0.00993. The van der Waals surface area contributed by atoms with Gasteiger partial charge in [0, 0.05) is 55.1 Å². The number of amides is 2. The van der Waals surface area contributed by atoms with Crippen LogP contribution in [0.2, 0.25) is 10.0 Å². The zero-order valence-corrected chi connectivity index (χ0v) is 14.4. The van der Waals surface area contributed by atoms with Crippen LogP contribution in [0.1, 0.15) is 12.8 Å². The van der Waals surface area contributed by atoms with Crippen LogP contribution in [-0.4, -0.2) is 56.4 Å². The van der Waals surface area contributed by atoms with E-state index in [9.17, 15) is 4.79 Å². The average molecular weight is 358 g/mol. The second-order valence-corrected chi connectivity index (χ2v) is 6.80. The standard InChI is InChI=1S/C16H21Cl2N3O2/c17-12-8-13(18)10-14(9-12)20-3-5-21(6-4-20)16(22)19-11-15-2-1-7-23-15/h8-10,15H,1-7,11H2,(H,19,22). The fourth-order valence-corrected chi connectivity index (χ4v) is 3.52. The fourth-order valence-electron chi connectivity index (χ4n) is 3.01. The van der Waals surface area contributed by atoms with Crippen LogP contribution >= 0.6 is 23.2 Å². The van der Waals surface area contributed by atoms with Gasteiger partial charge in [-0.15, -0.1) is 0 Å². The summed E-state index contributed by atoms with van der Waals surface area (Å²) >= 11 is 12.1. The van der Waals surface area contributed by atoms with E-state index in [4.69, 9.17) is 27.9 Å². The number of hydrogen-bond acceptors (Lipinski definition) is 3. The van der Waals surface area contributed by atoms with Crippen LogP contribution < -0.4 is 10.2 Å². The molecule has 2 aliphatic heterocycles. The molecule has 7 heteroatoms. The van der Waals surface area contributed by atoms with Gasteiger partial charge in [0.05, 0.1) is 6.10 Å². The first-order valence-corrected chi connectivity index (χ1v) is 8.73. The predicted octanol–water partition coefficient (Wildman–Crippen LogP) is 3.00. The molecule has 2 heterocycles. The molecule has 23 heavy (non-hydrogen) atoms. The van der Waals surface area contributed by atoms with Crippen molar-refractivity contribution in [3.63, 3.8) is 0 Å². The largest absolute Gasteiger partial charge is 0.376 e. The molecule has 1 aromatic carbocycles. The van der Waals surface area contributed by atoms with Gasteiger partial charge in [0.2, 0.25) is 0 Å². The number of carbonyl (C=O) groups is 1. The Morgan fingerprint density at radius 2 is 1.87 bits per heavy atom. The maximum absolute atomic E-state index is 12.2. The lowest BCUT2D eigenvalue weighted by Gasteiger charge is -2.36. The fraction of sp³-hybridized carbons (Fsp3) is 0.562. The molecule has 0 aliphatic carbocycles. The molecule has 3 rings (SSSR count). The second kappa shape index (κ2) is 7.60. The number of carbonyl (C=O) groups excluding carboxylic acids is 1. The Balaban J connectivity index is 1.48. The highest BCUT2D eigenvalue weighted by Gasteiger charge is 2.23. The summed E-state index contributed by atoms with van der Waals surface area (Å²) in [6.07, 6.45) is 2.29. The molecule has 0 saturated carbocycles. The highest BCUT2D eigenvalue weighted by Crippen LogP contribution is 2.26. The van der Waals surface area contributed by atoms with Crippen molar-refractivity contribution in [3.8, 4) is 0 Å². The van der Waals surface area contributed by atoms with E-state index in [1.807, 2.05) is 17.0 Å². The van der Waals surface area contributed by atoms with Gasteiger partial charge in [-0.05, 0) is 31.0 Å². The summed E-state index contributed by atoms with van der Waals surface area (Å²) in [5.74, 6) is 0. The molecule has 0 radical (unpaired) electrons. The second-order valence-electron chi connectivity index (χ2n) is 5.92. The van der Waals surface area contributed by atoms with E-state index in [0.717, 1.165) is 38.2 Å². The quantitative estimate of drug-likeness (QED) is 0.904. The van der Waals surface area contributed by atoms with Crippen LogP contribution in [0.4, 0.5) is 10.5 Å². The van der Waals surface area contributed by atoms with Gasteiger partial charge in [0.25, 0.3) is 0 Å². The Morgan fingerprint density at radius 3 is 2.48 bits per heavy atom. The topological polar surface area (TPSA) is 44.8 Å². The van der Waals surface area contributed by atoms with Crippen LogP contribution in [0.25, 0.3) is 0 Å². The van der Waals surface area contributed by atoms with E-state index in [0.29, 0.717) is 29.7 Å². The summed E-state index contributed by atoms with van der Waals surface area (Å²) < 4.78 is 5.52. The number of nitrogens with one attached hydrogen (secondary N) is 1. The highest BCUT2D eigenvalue weighted by atomic mass is 35.5. The van der Waals surface area contributed by atoms with Gasteiger partial charge in [-0.25, -0.2) is 4.79 Å². The van der Waals surface area contributed by atoms with Crippen molar-refractivity contribution < 1.29 is 9.53 Å². The van der Waals surface area contributed by atoms with Crippen LogP contribution in [0.3, 0.4) is 0 Å². The van der Waals surface area contributed by atoms with Gasteiger partial charge >= 0.3 is 6.03 Å². The van der Waals surface area contributed by atoms with Crippen molar-refractivity contribution in [1.82, 2.24) is 10.2 Å². The molecule has 2 aliphatic rings. The summed E-state index contributed by atoms with van der Waals surface area (Å²) in [7, 11) is 0. The first-order valence-electron chi connectivity index (χ1n) is 7.97. The molecule has 5 nitrogen and oxygen atoms in total. The molecular formula is C16H21Cl2N3O2. The van der Waals surface area contributed by atoms with E-state index >= 15 is 0 Å². The number of halogens is 2. The van der Waals surface area contributed by atoms with Gasteiger partial charge in [-0.3, -0.25) is 0 Å². The van der Waals surface area contributed by atoms with Crippen molar-refractivity contribution >= 4 is 34.9 Å². The van der Waals surface area contributed by atoms with E-state index < -0.39 is 0 Å². The molecule has 126 valence electrons. The Morgan fingerprint density at radius 1 is 1.17 bits per heavy atom. The molecule has 0 bridgehead atoms. The number of benzene rings is 1. The lowest BCUT2D eigenvalue weighted by molar-refractivity contribution is 0.108. The normalized spacial score (nSPS) is 21.6. The monoisotopic (exact) mass is 357 g/mol. The molecule has 1 N–H and O–H groups in total. The van der Waals surface area contributed by atoms with Gasteiger partial charge < -0.3 is 19.9 Å². The number of piperazine rings is 1. The third-order valence-electron chi connectivity index (χ3n) is 4.28. The van der Waals surface area contributed by atoms with Crippen molar-refractivity contribution in [2.24, 2.45) is 0 Å². The first-order chi connectivity index (χ1) is 11.1. The van der Waals surface area contributed by atoms with Gasteiger partial charge in [0.1, 0.15) is 0 Å². The molecule has 0 aromatic heterocycles. The molecule has 1 aromatic rings. The van der Waals surface area contributed by atoms with Gasteiger partial charge in [-0.1, -0.05) is 23.2 Å². The number of hydrogen-bond donors (Lipinski definition) is 1. The summed E-state index contributed by atoms with van der Waals surface area (Å²) in [6, 6.07) is 5.52. The van der Waals surface area contributed by atoms with Crippen molar-refractivity contribution in [1.29, 1.82) is 0 Å². The average Bonchev–Trinajstić information content (AvgIpc) is 3.05. The summed E-state index contributed by atoms with van der Waals surface area (Å²) in [5, 5.41) is 4.23. The van der Waals surface area contributed by atoms with Crippen LogP contribution in [-0.2, 0) is 4.74 Å². The Hall–Kier alpha value is -1.17. The number of nitrogens with zero attached hydrogens (tertiary/aromatic N) is 2. The maximum Gasteiger partial charge on any atom is 0.317 e. The first kappa shape index (κ1) is 16.7. The molecule has 2 amide bonds.